The molecule has 98 valence electrons. The summed E-state index contributed by atoms with van der Waals surface area (Å²) in [4.78, 5) is 4.76. The van der Waals surface area contributed by atoms with Crippen molar-refractivity contribution in [3.05, 3.63) is 42.1 Å². The van der Waals surface area contributed by atoms with Crippen molar-refractivity contribution >= 4 is 10.9 Å². The summed E-state index contributed by atoms with van der Waals surface area (Å²) >= 11 is 0. The molecule has 2 nitrogen and oxygen atoms in total. The molecule has 0 saturated heterocycles. The van der Waals surface area contributed by atoms with E-state index in [9.17, 15) is 0 Å². The average Bonchev–Trinajstić information content (AvgIpc) is 2.46. The van der Waals surface area contributed by atoms with Crippen molar-refractivity contribution in [3.63, 3.8) is 0 Å². The summed E-state index contributed by atoms with van der Waals surface area (Å²) in [5, 5.41) is 4.68. The second-order valence-corrected chi connectivity index (χ2v) is 4.50. The molecule has 1 heterocycles. The SMILES string of the molecule is CC#CCCC(NCC)c1ccc2ccccc2n1. The minimum atomic E-state index is 0.287. The molecule has 0 aliphatic heterocycles. The highest BCUT2D eigenvalue weighted by Gasteiger charge is 2.11. The van der Waals surface area contributed by atoms with E-state index in [1.165, 1.54) is 5.39 Å². The Labute approximate surface area is 115 Å². The van der Waals surface area contributed by atoms with Crippen LogP contribution in [0.25, 0.3) is 10.9 Å². The van der Waals surface area contributed by atoms with Gasteiger partial charge in [-0.1, -0.05) is 31.2 Å². The molecule has 0 fully saturated rings. The maximum Gasteiger partial charge on any atom is 0.0706 e. The molecule has 19 heavy (non-hydrogen) atoms. The standard InChI is InChI=1S/C17H20N2/c1-3-5-6-11-16(18-4-2)17-13-12-14-9-7-8-10-15(14)19-17/h7-10,12-13,16,18H,4,6,11H2,1-2H3. The van der Waals surface area contributed by atoms with Gasteiger partial charge in [0.05, 0.1) is 17.3 Å². The average molecular weight is 252 g/mol. The molecule has 1 N–H and O–H groups in total. The van der Waals surface area contributed by atoms with Crippen LogP contribution in [0.1, 0.15) is 38.4 Å². The summed E-state index contributed by atoms with van der Waals surface area (Å²) in [7, 11) is 0. The molecular weight excluding hydrogens is 232 g/mol. The van der Waals surface area contributed by atoms with Gasteiger partial charge in [0.25, 0.3) is 0 Å². The van der Waals surface area contributed by atoms with Gasteiger partial charge < -0.3 is 5.32 Å². The summed E-state index contributed by atoms with van der Waals surface area (Å²) in [6.07, 6.45) is 1.91. The molecular formula is C17H20N2. The van der Waals surface area contributed by atoms with E-state index in [4.69, 9.17) is 4.98 Å². The number of hydrogen-bond acceptors (Lipinski definition) is 2. The summed E-state index contributed by atoms with van der Waals surface area (Å²) in [5.41, 5.74) is 2.17. The Morgan fingerprint density at radius 3 is 2.84 bits per heavy atom. The van der Waals surface area contributed by atoms with Crippen molar-refractivity contribution in [1.29, 1.82) is 0 Å². The van der Waals surface area contributed by atoms with Gasteiger partial charge in [-0.25, -0.2) is 0 Å². The Morgan fingerprint density at radius 1 is 1.21 bits per heavy atom. The number of pyridine rings is 1. The van der Waals surface area contributed by atoms with Crippen LogP contribution in [-0.4, -0.2) is 11.5 Å². The monoisotopic (exact) mass is 252 g/mol. The topological polar surface area (TPSA) is 24.9 Å². The Morgan fingerprint density at radius 2 is 2.05 bits per heavy atom. The second kappa shape index (κ2) is 6.92. The van der Waals surface area contributed by atoms with Gasteiger partial charge in [0, 0.05) is 11.8 Å². The number of rotatable bonds is 5. The molecule has 1 aromatic heterocycles. The second-order valence-electron chi connectivity index (χ2n) is 4.50. The van der Waals surface area contributed by atoms with E-state index in [0.29, 0.717) is 0 Å². The van der Waals surface area contributed by atoms with Crippen molar-refractivity contribution < 1.29 is 0 Å². The van der Waals surface area contributed by atoms with Crippen LogP contribution in [0.4, 0.5) is 0 Å². The van der Waals surface area contributed by atoms with Crippen molar-refractivity contribution in [2.24, 2.45) is 0 Å². The van der Waals surface area contributed by atoms with E-state index in [-0.39, 0.29) is 6.04 Å². The van der Waals surface area contributed by atoms with Crippen LogP contribution < -0.4 is 5.32 Å². The van der Waals surface area contributed by atoms with E-state index >= 15 is 0 Å². The van der Waals surface area contributed by atoms with E-state index < -0.39 is 0 Å². The summed E-state index contributed by atoms with van der Waals surface area (Å²) in [6.45, 7) is 4.95. The predicted octanol–water partition coefficient (Wildman–Crippen LogP) is 3.69. The number of fused-ring (bicyclic) bond motifs is 1. The lowest BCUT2D eigenvalue weighted by atomic mass is 10.1. The van der Waals surface area contributed by atoms with Crippen molar-refractivity contribution in [2.75, 3.05) is 6.54 Å². The van der Waals surface area contributed by atoms with Crippen LogP contribution in [0.15, 0.2) is 36.4 Å². The molecule has 0 amide bonds. The minimum absolute atomic E-state index is 0.287. The van der Waals surface area contributed by atoms with Gasteiger partial charge in [-0.15, -0.1) is 11.8 Å². The normalized spacial score (nSPS) is 11.9. The lowest BCUT2D eigenvalue weighted by molar-refractivity contribution is 0.512. The molecule has 1 aromatic carbocycles. The molecule has 0 radical (unpaired) electrons. The van der Waals surface area contributed by atoms with Gasteiger partial charge in [0.1, 0.15) is 0 Å². The molecule has 1 unspecified atom stereocenters. The fourth-order valence-corrected chi connectivity index (χ4v) is 2.22. The summed E-state index contributed by atoms with van der Waals surface area (Å²) in [5.74, 6) is 6.07. The van der Waals surface area contributed by atoms with E-state index in [1.807, 2.05) is 19.1 Å². The quantitative estimate of drug-likeness (QED) is 0.821. The number of nitrogens with zero attached hydrogens (tertiary/aromatic N) is 1. The molecule has 2 heteroatoms. The highest BCUT2D eigenvalue weighted by molar-refractivity contribution is 5.78. The number of benzene rings is 1. The van der Waals surface area contributed by atoms with Gasteiger partial charge in [0.2, 0.25) is 0 Å². The van der Waals surface area contributed by atoms with E-state index in [2.05, 4.69) is 48.3 Å². The molecule has 0 aliphatic rings. The van der Waals surface area contributed by atoms with Gasteiger partial charge >= 0.3 is 0 Å². The van der Waals surface area contributed by atoms with Gasteiger partial charge in [-0.05, 0) is 32.0 Å². The van der Waals surface area contributed by atoms with E-state index in [1.54, 1.807) is 0 Å². The first kappa shape index (κ1) is 13.6. The number of hydrogen-bond donors (Lipinski definition) is 1. The van der Waals surface area contributed by atoms with Crippen LogP contribution in [0, 0.1) is 11.8 Å². The van der Waals surface area contributed by atoms with Crippen LogP contribution in [0.2, 0.25) is 0 Å². The Bertz CT molecular complexity index is 593. The van der Waals surface area contributed by atoms with Crippen molar-refractivity contribution in [2.45, 2.75) is 32.7 Å². The zero-order valence-electron chi connectivity index (χ0n) is 11.6. The number of para-hydroxylation sites is 1. The van der Waals surface area contributed by atoms with Gasteiger partial charge in [-0.3, -0.25) is 4.98 Å². The third-order valence-corrected chi connectivity index (χ3v) is 3.16. The number of nitrogens with one attached hydrogen (secondary N) is 1. The lowest BCUT2D eigenvalue weighted by Gasteiger charge is -2.16. The highest BCUT2D eigenvalue weighted by atomic mass is 14.9. The third kappa shape index (κ3) is 3.56. The van der Waals surface area contributed by atoms with Gasteiger partial charge in [-0.2, -0.15) is 0 Å². The molecule has 0 saturated carbocycles. The molecule has 2 rings (SSSR count). The predicted molar refractivity (Wildman–Crippen MR) is 80.8 cm³/mol. The Balaban J connectivity index is 2.23. The van der Waals surface area contributed by atoms with Crippen LogP contribution in [0.3, 0.4) is 0 Å². The van der Waals surface area contributed by atoms with Gasteiger partial charge in [0.15, 0.2) is 0 Å². The Kier molecular flexibility index (Phi) is 4.94. The molecule has 0 spiro atoms. The smallest absolute Gasteiger partial charge is 0.0706 e. The Hall–Kier alpha value is -1.85. The molecule has 1 atom stereocenters. The van der Waals surface area contributed by atoms with Crippen molar-refractivity contribution in [1.82, 2.24) is 10.3 Å². The molecule has 0 aliphatic carbocycles. The molecule has 2 aromatic rings. The maximum absolute atomic E-state index is 4.76. The van der Waals surface area contributed by atoms with Crippen LogP contribution >= 0.6 is 0 Å². The van der Waals surface area contributed by atoms with Crippen LogP contribution in [0.5, 0.6) is 0 Å². The summed E-state index contributed by atoms with van der Waals surface area (Å²) < 4.78 is 0. The van der Waals surface area contributed by atoms with E-state index in [0.717, 1.165) is 30.6 Å². The number of aromatic nitrogens is 1. The first-order valence-electron chi connectivity index (χ1n) is 6.84. The maximum atomic E-state index is 4.76. The minimum Gasteiger partial charge on any atom is -0.309 e. The first-order chi connectivity index (χ1) is 9.35. The fourth-order valence-electron chi connectivity index (χ4n) is 2.22. The largest absolute Gasteiger partial charge is 0.309 e. The zero-order valence-corrected chi connectivity index (χ0v) is 11.6. The first-order valence-corrected chi connectivity index (χ1v) is 6.84. The summed E-state index contributed by atoms with van der Waals surface area (Å²) in [6, 6.07) is 12.8. The molecule has 0 bridgehead atoms. The lowest BCUT2D eigenvalue weighted by Crippen LogP contribution is -2.21. The highest BCUT2D eigenvalue weighted by Crippen LogP contribution is 2.20. The van der Waals surface area contributed by atoms with Crippen LogP contribution in [-0.2, 0) is 0 Å². The fraction of sp³-hybridized carbons (Fsp3) is 0.353. The van der Waals surface area contributed by atoms with Crippen molar-refractivity contribution in [3.8, 4) is 11.8 Å². The zero-order chi connectivity index (χ0) is 13.5. The third-order valence-electron chi connectivity index (χ3n) is 3.16.